The molecule has 0 aliphatic heterocycles. The lowest BCUT2D eigenvalue weighted by atomic mass is 10.0. The Morgan fingerprint density at radius 1 is 1.08 bits per heavy atom. The molecular formula is C29H37N3O4S. The number of likely N-dealkylation sites (N-methyl/N-ethyl adjacent to an activating group) is 1. The predicted octanol–water partition coefficient (Wildman–Crippen LogP) is 5.07. The van der Waals surface area contributed by atoms with Gasteiger partial charge in [0.1, 0.15) is 17.7 Å². The van der Waals surface area contributed by atoms with E-state index in [1.54, 1.807) is 63.8 Å². The van der Waals surface area contributed by atoms with Gasteiger partial charge in [-0.05, 0) is 81.9 Å². The predicted molar refractivity (Wildman–Crippen MR) is 151 cm³/mol. The number of alkyl carbamates (subject to hydrolysis) is 1. The molecule has 0 aliphatic carbocycles. The van der Waals surface area contributed by atoms with Gasteiger partial charge >= 0.3 is 6.09 Å². The first-order valence-electron chi connectivity index (χ1n) is 12.1. The second-order valence-electron chi connectivity index (χ2n) is 9.85. The zero-order valence-corrected chi connectivity index (χ0v) is 23.5. The van der Waals surface area contributed by atoms with Crippen LogP contribution in [0.2, 0.25) is 0 Å². The van der Waals surface area contributed by atoms with E-state index in [1.807, 2.05) is 38.3 Å². The van der Waals surface area contributed by atoms with E-state index in [-0.39, 0.29) is 5.91 Å². The van der Waals surface area contributed by atoms with Crippen LogP contribution in [0.15, 0.2) is 42.5 Å². The maximum Gasteiger partial charge on any atom is 0.408 e. The minimum absolute atomic E-state index is 0.373. The van der Waals surface area contributed by atoms with Gasteiger partial charge in [-0.1, -0.05) is 36.3 Å². The zero-order valence-electron chi connectivity index (χ0n) is 22.7. The first kappa shape index (κ1) is 29.8. The number of carbonyl (C=O) groups is 3. The van der Waals surface area contributed by atoms with Crippen molar-refractivity contribution in [1.29, 1.82) is 0 Å². The maximum absolute atomic E-state index is 13.7. The normalized spacial score (nSPS) is 12.6. The van der Waals surface area contributed by atoms with Crippen LogP contribution in [0.5, 0.6) is 0 Å². The Labute approximate surface area is 224 Å². The average molecular weight is 524 g/mol. The van der Waals surface area contributed by atoms with Crippen LogP contribution in [-0.4, -0.2) is 53.5 Å². The molecule has 8 heteroatoms. The number of nitrogens with one attached hydrogen (secondary N) is 2. The molecule has 0 aromatic heterocycles. The largest absolute Gasteiger partial charge is 0.444 e. The molecule has 0 aliphatic rings. The van der Waals surface area contributed by atoms with Gasteiger partial charge in [0.15, 0.2) is 0 Å². The van der Waals surface area contributed by atoms with Gasteiger partial charge in [0.2, 0.25) is 5.91 Å². The fraction of sp³-hybridized carbons (Fsp3) is 0.414. The number of para-hydroxylation sites is 1. The smallest absolute Gasteiger partial charge is 0.408 e. The number of aryl methyl sites for hydroxylation is 2. The summed E-state index contributed by atoms with van der Waals surface area (Å²) < 4.78 is 5.38. The van der Waals surface area contributed by atoms with E-state index in [1.165, 1.54) is 4.90 Å². The molecule has 0 heterocycles. The van der Waals surface area contributed by atoms with Crippen molar-refractivity contribution in [2.75, 3.05) is 24.4 Å². The summed E-state index contributed by atoms with van der Waals surface area (Å²) in [6.45, 7) is 9.09. The van der Waals surface area contributed by atoms with Gasteiger partial charge in [-0.3, -0.25) is 9.59 Å². The standard InChI is InChI=1S/C29H37N3O4S/c1-9-21-13-15-22(16-14-21)25(26(33)31-24-19(2)11-10-12-20(24)3)32(7)27(34)23(17-18-37-8)30-28(35)36-29(4,5)6/h1,10-16,23,25H,17-18H2,2-8H3,(H,30,35)(H,31,33). The van der Waals surface area contributed by atoms with Gasteiger partial charge < -0.3 is 20.3 Å². The molecule has 37 heavy (non-hydrogen) atoms. The summed E-state index contributed by atoms with van der Waals surface area (Å²) in [6, 6.07) is 10.9. The Balaban J connectivity index is 2.42. The lowest BCUT2D eigenvalue weighted by Crippen LogP contribution is -2.51. The van der Waals surface area contributed by atoms with Crippen LogP contribution in [0.25, 0.3) is 0 Å². The first-order valence-corrected chi connectivity index (χ1v) is 13.5. The Bertz CT molecular complexity index is 1130. The Kier molecular flexibility index (Phi) is 10.6. The number of rotatable bonds is 9. The van der Waals surface area contributed by atoms with Crippen LogP contribution < -0.4 is 10.6 Å². The van der Waals surface area contributed by atoms with Crippen LogP contribution in [0.3, 0.4) is 0 Å². The Hall–Kier alpha value is -3.44. The Morgan fingerprint density at radius 3 is 2.19 bits per heavy atom. The van der Waals surface area contributed by atoms with E-state index >= 15 is 0 Å². The summed E-state index contributed by atoms with van der Waals surface area (Å²) in [7, 11) is 1.56. The maximum atomic E-state index is 13.7. The van der Waals surface area contributed by atoms with Gasteiger partial charge in [-0.25, -0.2) is 4.79 Å². The number of hydrogen-bond donors (Lipinski definition) is 2. The molecule has 0 saturated heterocycles. The highest BCUT2D eigenvalue weighted by Crippen LogP contribution is 2.26. The SMILES string of the molecule is C#Cc1ccc(C(C(=O)Nc2c(C)cccc2C)N(C)C(=O)C(CCSC)NC(=O)OC(C)(C)C)cc1. The highest BCUT2D eigenvalue weighted by atomic mass is 32.2. The number of hydrogen-bond acceptors (Lipinski definition) is 5. The van der Waals surface area contributed by atoms with E-state index in [9.17, 15) is 14.4 Å². The molecular weight excluding hydrogens is 486 g/mol. The van der Waals surface area contributed by atoms with Gasteiger partial charge in [0, 0.05) is 18.3 Å². The summed E-state index contributed by atoms with van der Waals surface area (Å²) >= 11 is 1.56. The van der Waals surface area contributed by atoms with Crippen LogP contribution in [0.1, 0.15) is 55.5 Å². The third-order valence-electron chi connectivity index (χ3n) is 5.71. The average Bonchev–Trinajstić information content (AvgIpc) is 2.83. The Morgan fingerprint density at radius 2 is 1.68 bits per heavy atom. The first-order chi connectivity index (χ1) is 17.4. The fourth-order valence-electron chi connectivity index (χ4n) is 3.83. The van der Waals surface area contributed by atoms with Crippen LogP contribution in [-0.2, 0) is 14.3 Å². The number of nitrogens with zero attached hydrogens (tertiary/aromatic N) is 1. The molecule has 198 valence electrons. The molecule has 2 N–H and O–H groups in total. The van der Waals surface area contributed by atoms with Crippen molar-refractivity contribution in [3.63, 3.8) is 0 Å². The topological polar surface area (TPSA) is 87.7 Å². The summed E-state index contributed by atoms with van der Waals surface area (Å²) in [6.07, 6.45) is 7.13. The number of ether oxygens (including phenoxy) is 1. The summed E-state index contributed by atoms with van der Waals surface area (Å²) in [5, 5.41) is 5.70. The fourth-order valence-corrected chi connectivity index (χ4v) is 4.30. The lowest BCUT2D eigenvalue weighted by Gasteiger charge is -2.32. The highest BCUT2D eigenvalue weighted by molar-refractivity contribution is 7.98. The molecule has 0 bridgehead atoms. The van der Waals surface area contributed by atoms with Crippen LogP contribution in [0.4, 0.5) is 10.5 Å². The number of carbonyl (C=O) groups excluding carboxylic acids is 3. The van der Waals surface area contributed by atoms with Crippen molar-refractivity contribution in [3.8, 4) is 12.3 Å². The van der Waals surface area contributed by atoms with Crippen molar-refractivity contribution < 1.29 is 19.1 Å². The molecule has 2 unspecified atom stereocenters. The quantitative estimate of drug-likeness (QED) is 0.448. The number of thioether (sulfide) groups is 1. The van der Waals surface area contributed by atoms with Gasteiger partial charge in [0.05, 0.1) is 0 Å². The highest BCUT2D eigenvalue weighted by Gasteiger charge is 2.34. The second-order valence-corrected chi connectivity index (χ2v) is 10.8. The molecule has 0 fully saturated rings. The summed E-state index contributed by atoms with van der Waals surface area (Å²) in [5.41, 5.74) is 3.07. The molecule has 0 spiro atoms. The minimum Gasteiger partial charge on any atom is -0.444 e. The van der Waals surface area contributed by atoms with E-state index in [0.29, 0.717) is 29.0 Å². The van der Waals surface area contributed by atoms with Crippen molar-refractivity contribution in [2.45, 2.75) is 58.7 Å². The molecule has 2 atom stereocenters. The molecule has 7 nitrogen and oxygen atoms in total. The van der Waals surface area contributed by atoms with Crippen LogP contribution in [0, 0.1) is 26.2 Å². The second kappa shape index (κ2) is 13.2. The van der Waals surface area contributed by atoms with Crippen molar-refractivity contribution in [2.24, 2.45) is 0 Å². The third kappa shape index (κ3) is 8.57. The number of anilines is 1. The van der Waals surface area contributed by atoms with Crippen molar-refractivity contribution in [3.05, 3.63) is 64.7 Å². The zero-order chi connectivity index (χ0) is 27.8. The minimum atomic E-state index is -0.962. The van der Waals surface area contributed by atoms with Crippen LogP contribution >= 0.6 is 11.8 Å². The van der Waals surface area contributed by atoms with Gasteiger partial charge in [-0.2, -0.15) is 11.8 Å². The van der Waals surface area contributed by atoms with E-state index < -0.39 is 29.7 Å². The van der Waals surface area contributed by atoms with Gasteiger partial charge in [0.25, 0.3) is 5.91 Å². The van der Waals surface area contributed by atoms with E-state index in [0.717, 1.165) is 11.1 Å². The number of terminal acetylenes is 1. The molecule has 2 rings (SSSR count). The molecule has 3 amide bonds. The molecule has 0 saturated carbocycles. The monoisotopic (exact) mass is 523 g/mol. The van der Waals surface area contributed by atoms with Crippen molar-refractivity contribution in [1.82, 2.24) is 10.2 Å². The van der Waals surface area contributed by atoms with Gasteiger partial charge in [-0.15, -0.1) is 6.42 Å². The number of benzene rings is 2. The molecule has 2 aromatic rings. The number of amides is 3. The van der Waals surface area contributed by atoms with Crippen molar-refractivity contribution >= 4 is 35.4 Å². The van der Waals surface area contributed by atoms with E-state index in [4.69, 9.17) is 11.2 Å². The molecule has 0 radical (unpaired) electrons. The van der Waals surface area contributed by atoms with E-state index in [2.05, 4.69) is 16.6 Å². The lowest BCUT2D eigenvalue weighted by molar-refractivity contribution is -0.139. The third-order valence-corrected chi connectivity index (χ3v) is 6.35. The molecule has 2 aromatic carbocycles. The summed E-state index contributed by atoms with van der Waals surface area (Å²) in [4.78, 5) is 41.3. The summed E-state index contributed by atoms with van der Waals surface area (Å²) in [5.74, 6) is 2.43.